The molecule has 0 unspecified atom stereocenters. The monoisotopic (exact) mass is 327 g/mol. The first-order valence-electron chi connectivity index (χ1n) is 4.84. The molecule has 0 spiro atoms. The van der Waals surface area contributed by atoms with Gasteiger partial charge in [-0.3, -0.25) is 4.79 Å². The predicted molar refractivity (Wildman–Crippen MR) is 66.6 cm³/mol. The second-order valence-electron chi connectivity index (χ2n) is 3.18. The fourth-order valence-corrected chi connectivity index (χ4v) is 2.49. The number of ether oxygens (including phenoxy) is 1. The number of thiophene rings is 1. The van der Waals surface area contributed by atoms with Gasteiger partial charge in [-0.05, 0) is 0 Å². The number of hydrogen-bond donors (Lipinski definition) is 0. The normalized spacial score (nSPS) is 10.6. The van der Waals surface area contributed by atoms with Crippen LogP contribution < -0.4 is 4.74 Å². The zero-order chi connectivity index (χ0) is 12.8. The molecule has 17 heavy (non-hydrogen) atoms. The summed E-state index contributed by atoms with van der Waals surface area (Å²) in [5.74, 6) is 0.173. The average molecular weight is 328 g/mol. The number of alkyl halides is 3. The van der Waals surface area contributed by atoms with Gasteiger partial charge in [0.1, 0.15) is 5.75 Å². The van der Waals surface area contributed by atoms with Crippen molar-refractivity contribution in [3.8, 4) is 5.75 Å². The summed E-state index contributed by atoms with van der Waals surface area (Å²) in [7, 11) is 1.49. The molecule has 0 aromatic carbocycles. The van der Waals surface area contributed by atoms with Crippen molar-refractivity contribution in [3.05, 3.63) is 16.3 Å². The summed E-state index contributed by atoms with van der Waals surface area (Å²) in [6.07, 6.45) is -2.53. The zero-order valence-corrected chi connectivity index (χ0v) is 11.6. The van der Waals surface area contributed by atoms with Gasteiger partial charge in [-0.25, -0.2) is 8.78 Å². The van der Waals surface area contributed by atoms with Gasteiger partial charge in [0.15, 0.2) is 0 Å². The largest absolute Gasteiger partial charge is 0.496 e. The highest BCUT2D eigenvalue weighted by Crippen LogP contribution is 2.22. The Morgan fingerprint density at radius 3 is 2.82 bits per heavy atom. The van der Waals surface area contributed by atoms with Crippen molar-refractivity contribution in [1.29, 1.82) is 0 Å². The number of carbonyl (C=O) groups is 1. The molecule has 0 saturated heterocycles. The molecule has 3 nitrogen and oxygen atoms in total. The lowest BCUT2D eigenvalue weighted by atomic mass is 10.3. The Morgan fingerprint density at radius 1 is 1.65 bits per heavy atom. The predicted octanol–water partition coefficient (Wildman–Crippen LogP) is 2.86. The Bertz CT molecular complexity index is 373. The topological polar surface area (TPSA) is 29.5 Å². The molecular formula is C10H12BrF2NO2S. The number of rotatable bonds is 6. The Morgan fingerprint density at radius 2 is 2.35 bits per heavy atom. The Hall–Kier alpha value is -0.690. The molecule has 0 aliphatic heterocycles. The molecule has 0 N–H and O–H groups in total. The maximum Gasteiger partial charge on any atom is 0.264 e. The van der Waals surface area contributed by atoms with E-state index in [1.54, 1.807) is 11.4 Å². The van der Waals surface area contributed by atoms with Gasteiger partial charge >= 0.3 is 0 Å². The van der Waals surface area contributed by atoms with Gasteiger partial charge < -0.3 is 9.64 Å². The summed E-state index contributed by atoms with van der Waals surface area (Å²) < 4.78 is 29.6. The molecule has 7 heteroatoms. The van der Waals surface area contributed by atoms with Gasteiger partial charge in [-0.2, -0.15) is 0 Å². The fraction of sp³-hybridized carbons (Fsp3) is 0.500. The van der Waals surface area contributed by atoms with Crippen molar-refractivity contribution < 1.29 is 18.3 Å². The van der Waals surface area contributed by atoms with Gasteiger partial charge in [0.05, 0.1) is 18.5 Å². The molecule has 1 amide bonds. The van der Waals surface area contributed by atoms with Crippen LogP contribution in [0.3, 0.4) is 0 Å². The summed E-state index contributed by atoms with van der Waals surface area (Å²) >= 11 is 4.33. The summed E-state index contributed by atoms with van der Waals surface area (Å²) in [6.45, 7) is -0.298. The van der Waals surface area contributed by atoms with E-state index in [2.05, 4.69) is 15.9 Å². The molecule has 0 aliphatic rings. The smallest absolute Gasteiger partial charge is 0.264 e. The summed E-state index contributed by atoms with van der Waals surface area (Å²) in [5, 5.41) is 2.13. The van der Waals surface area contributed by atoms with Crippen LogP contribution in [0.1, 0.15) is 9.67 Å². The molecule has 0 fully saturated rings. The molecule has 96 valence electrons. The summed E-state index contributed by atoms with van der Waals surface area (Å²) in [6, 6.07) is 1.56. The molecule has 1 aromatic heterocycles. The fourth-order valence-electron chi connectivity index (χ4n) is 1.24. The highest BCUT2D eigenvalue weighted by molar-refractivity contribution is 9.09. The standard InChI is InChI=1S/C10H12BrF2NO2S/c1-16-7-4-8(17-6-7)10(15)14(3-2-11)5-9(12)13/h4,6,9H,2-3,5H2,1H3. The second-order valence-corrected chi connectivity index (χ2v) is 4.89. The lowest BCUT2D eigenvalue weighted by Crippen LogP contribution is -2.36. The van der Waals surface area contributed by atoms with E-state index in [1.807, 2.05) is 0 Å². The highest BCUT2D eigenvalue weighted by Gasteiger charge is 2.20. The van der Waals surface area contributed by atoms with Crippen molar-refractivity contribution in [2.75, 3.05) is 25.5 Å². The van der Waals surface area contributed by atoms with Gasteiger partial charge in [0, 0.05) is 23.3 Å². The number of carbonyl (C=O) groups excluding carboxylic acids is 1. The van der Waals surface area contributed by atoms with Gasteiger partial charge in [-0.15, -0.1) is 11.3 Å². The van der Waals surface area contributed by atoms with E-state index in [9.17, 15) is 13.6 Å². The number of methoxy groups -OCH3 is 1. The van der Waals surface area contributed by atoms with Gasteiger partial charge in [0.25, 0.3) is 12.3 Å². The summed E-state index contributed by atoms with van der Waals surface area (Å²) in [4.78, 5) is 13.5. The van der Waals surface area contributed by atoms with Crippen molar-refractivity contribution in [2.45, 2.75) is 6.43 Å². The third-order valence-electron chi connectivity index (χ3n) is 2.02. The third-order valence-corrected chi connectivity index (χ3v) is 3.27. The van der Waals surface area contributed by atoms with E-state index < -0.39 is 18.9 Å². The summed E-state index contributed by atoms with van der Waals surface area (Å²) in [5.41, 5.74) is 0. The number of halogens is 3. The van der Waals surface area contributed by atoms with E-state index in [1.165, 1.54) is 18.4 Å². The van der Waals surface area contributed by atoms with Crippen LogP contribution in [0, 0.1) is 0 Å². The van der Waals surface area contributed by atoms with Gasteiger partial charge in [-0.1, -0.05) is 15.9 Å². The van der Waals surface area contributed by atoms with Crippen LogP contribution in [0.25, 0.3) is 0 Å². The van der Waals surface area contributed by atoms with E-state index in [-0.39, 0.29) is 6.54 Å². The number of amides is 1. The maximum absolute atomic E-state index is 12.3. The van der Waals surface area contributed by atoms with E-state index in [0.717, 1.165) is 4.90 Å². The molecule has 0 atom stereocenters. The van der Waals surface area contributed by atoms with E-state index in [0.29, 0.717) is 16.0 Å². The minimum Gasteiger partial charge on any atom is -0.496 e. The Kier molecular flexibility index (Phi) is 5.84. The SMILES string of the molecule is COc1csc(C(=O)N(CCBr)CC(F)F)c1. The minimum atomic E-state index is -2.53. The van der Waals surface area contributed by atoms with E-state index >= 15 is 0 Å². The Balaban J connectivity index is 2.75. The molecule has 1 aromatic rings. The molecule has 0 aliphatic carbocycles. The van der Waals surface area contributed by atoms with Crippen LogP contribution in [-0.4, -0.2) is 42.8 Å². The van der Waals surface area contributed by atoms with Crippen LogP contribution in [0.4, 0.5) is 8.78 Å². The van der Waals surface area contributed by atoms with Crippen LogP contribution in [0.15, 0.2) is 11.4 Å². The number of hydrogen-bond acceptors (Lipinski definition) is 3. The first-order valence-corrected chi connectivity index (χ1v) is 6.84. The molecule has 0 radical (unpaired) electrons. The quantitative estimate of drug-likeness (QED) is 0.752. The van der Waals surface area contributed by atoms with Crippen LogP contribution >= 0.6 is 27.3 Å². The lowest BCUT2D eigenvalue weighted by Gasteiger charge is -2.20. The van der Waals surface area contributed by atoms with Gasteiger partial charge in [0.2, 0.25) is 0 Å². The Labute approximate surface area is 110 Å². The number of nitrogens with zero attached hydrogens (tertiary/aromatic N) is 1. The van der Waals surface area contributed by atoms with Crippen LogP contribution in [0.2, 0.25) is 0 Å². The lowest BCUT2D eigenvalue weighted by molar-refractivity contribution is 0.0576. The molecule has 0 bridgehead atoms. The van der Waals surface area contributed by atoms with Crippen molar-refractivity contribution in [3.63, 3.8) is 0 Å². The highest BCUT2D eigenvalue weighted by atomic mass is 79.9. The zero-order valence-electron chi connectivity index (χ0n) is 9.16. The first-order chi connectivity index (χ1) is 8.08. The third kappa shape index (κ3) is 4.23. The molecule has 1 heterocycles. The van der Waals surface area contributed by atoms with Crippen LogP contribution in [-0.2, 0) is 0 Å². The minimum absolute atomic E-state index is 0.253. The van der Waals surface area contributed by atoms with Crippen molar-refractivity contribution >= 4 is 33.2 Å². The second kappa shape index (κ2) is 6.90. The molecule has 0 saturated carbocycles. The van der Waals surface area contributed by atoms with E-state index in [4.69, 9.17) is 4.74 Å². The van der Waals surface area contributed by atoms with Crippen molar-refractivity contribution in [2.24, 2.45) is 0 Å². The molecule has 1 rings (SSSR count). The van der Waals surface area contributed by atoms with Crippen molar-refractivity contribution in [1.82, 2.24) is 4.90 Å². The van der Waals surface area contributed by atoms with Crippen LogP contribution in [0.5, 0.6) is 5.75 Å². The average Bonchev–Trinajstić information content (AvgIpc) is 2.75. The maximum atomic E-state index is 12.3. The first kappa shape index (κ1) is 14.4. The molecular weight excluding hydrogens is 316 g/mol.